The van der Waals surface area contributed by atoms with Crippen molar-refractivity contribution in [2.75, 3.05) is 6.54 Å². The van der Waals surface area contributed by atoms with E-state index in [1.54, 1.807) is 0 Å². The van der Waals surface area contributed by atoms with Gasteiger partial charge in [0.2, 0.25) is 0 Å². The summed E-state index contributed by atoms with van der Waals surface area (Å²) >= 11 is 0. The van der Waals surface area contributed by atoms with Gasteiger partial charge < -0.3 is 4.52 Å². The van der Waals surface area contributed by atoms with Crippen LogP contribution in [0.1, 0.15) is 41.6 Å². The predicted molar refractivity (Wildman–Crippen MR) is 93.6 cm³/mol. The SMILES string of the molecule is Cc1noc(C)c1-c1nccc(C2CCCN2Cc2ccncc2)n1. The van der Waals surface area contributed by atoms with Crippen LogP contribution in [-0.4, -0.2) is 31.6 Å². The molecule has 0 saturated carbocycles. The van der Waals surface area contributed by atoms with Crippen molar-refractivity contribution in [3.8, 4) is 11.4 Å². The van der Waals surface area contributed by atoms with Crippen LogP contribution in [0.4, 0.5) is 0 Å². The summed E-state index contributed by atoms with van der Waals surface area (Å²) in [7, 11) is 0. The molecule has 3 aromatic rings. The third-order valence-electron chi connectivity index (χ3n) is 4.77. The Morgan fingerprint density at radius 1 is 1.16 bits per heavy atom. The maximum absolute atomic E-state index is 5.27. The third kappa shape index (κ3) is 3.17. The van der Waals surface area contributed by atoms with Gasteiger partial charge in [-0.25, -0.2) is 9.97 Å². The van der Waals surface area contributed by atoms with Crippen molar-refractivity contribution in [1.29, 1.82) is 0 Å². The van der Waals surface area contributed by atoms with E-state index in [1.165, 1.54) is 12.0 Å². The zero-order valence-corrected chi connectivity index (χ0v) is 14.5. The average Bonchev–Trinajstić information content (AvgIpc) is 3.22. The zero-order valence-electron chi connectivity index (χ0n) is 14.5. The summed E-state index contributed by atoms with van der Waals surface area (Å²) in [5, 5.41) is 4.02. The lowest BCUT2D eigenvalue weighted by molar-refractivity contribution is 0.244. The van der Waals surface area contributed by atoms with Gasteiger partial charge in [-0.15, -0.1) is 0 Å². The smallest absolute Gasteiger partial charge is 0.164 e. The minimum atomic E-state index is 0.315. The van der Waals surface area contributed by atoms with Gasteiger partial charge in [0.15, 0.2) is 5.82 Å². The van der Waals surface area contributed by atoms with Crippen LogP contribution in [0.25, 0.3) is 11.4 Å². The number of hydrogen-bond donors (Lipinski definition) is 0. The fourth-order valence-corrected chi connectivity index (χ4v) is 3.55. The Morgan fingerprint density at radius 2 is 2.00 bits per heavy atom. The second kappa shape index (κ2) is 6.72. The van der Waals surface area contributed by atoms with Gasteiger partial charge >= 0.3 is 0 Å². The highest BCUT2D eigenvalue weighted by Gasteiger charge is 2.28. The first-order valence-corrected chi connectivity index (χ1v) is 8.61. The standard InChI is InChI=1S/C19H21N5O/c1-13-18(14(2)25-23-13)19-21-10-7-16(22-19)17-4-3-11-24(17)12-15-5-8-20-9-6-15/h5-10,17H,3-4,11-12H2,1-2H3. The van der Waals surface area contributed by atoms with Gasteiger partial charge in [-0.3, -0.25) is 9.88 Å². The van der Waals surface area contributed by atoms with Crippen LogP contribution in [0.3, 0.4) is 0 Å². The highest BCUT2D eigenvalue weighted by molar-refractivity contribution is 5.59. The van der Waals surface area contributed by atoms with E-state index in [2.05, 4.69) is 32.2 Å². The molecule has 6 nitrogen and oxygen atoms in total. The molecule has 128 valence electrons. The number of aromatic nitrogens is 4. The maximum Gasteiger partial charge on any atom is 0.164 e. The minimum Gasteiger partial charge on any atom is -0.361 e. The monoisotopic (exact) mass is 335 g/mol. The Balaban J connectivity index is 1.62. The lowest BCUT2D eigenvalue weighted by Crippen LogP contribution is -2.23. The van der Waals surface area contributed by atoms with Gasteiger partial charge in [0.1, 0.15) is 5.76 Å². The summed E-state index contributed by atoms with van der Waals surface area (Å²) < 4.78 is 5.27. The van der Waals surface area contributed by atoms with Crippen LogP contribution < -0.4 is 0 Å². The summed E-state index contributed by atoms with van der Waals surface area (Å²) in [6, 6.07) is 6.49. The molecule has 4 heterocycles. The van der Waals surface area contributed by atoms with Gasteiger partial charge in [-0.2, -0.15) is 0 Å². The van der Waals surface area contributed by atoms with E-state index in [0.29, 0.717) is 11.9 Å². The summed E-state index contributed by atoms with van der Waals surface area (Å²) in [4.78, 5) is 15.9. The zero-order chi connectivity index (χ0) is 17.2. The second-order valence-corrected chi connectivity index (χ2v) is 6.49. The minimum absolute atomic E-state index is 0.315. The molecular formula is C19H21N5O. The van der Waals surface area contributed by atoms with E-state index >= 15 is 0 Å². The Morgan fingerprint density at radius 3 is 2.76 bits per heavy atom. The molecule has 0 amide bonds. The lowest BCUT2D eigenvalue weighted by Gasteiger charge is -2.24. The van der Waals surface area contributed by atoms with Crippen molar-refractivity contribution >= 4 is 0 Å². The lowest BCUT2D eigenvalue weighted by atomic mass is 10.1. The molecule has 0 bridgehead atoms. The van der Waals surface area contributed by atoms with Crippen LogP contribution in [0.5, 0.6) is 0 Å². The fraction of sp³-hybridized carbons (Fsp3) is 0.368. The molecule has 1 saturated heterocycles. The van der Waals surface area contributed by atoms with Crippen molar-refractivity contribution in [3.05, 3.63) is 59.5 Å². The molecule has 1 unspecified atom stereocenters. The molecule has 1 atom stereocenters. The largest absolute Gasteiger partial charge is 0.361 e. The van der Waals surface area contributed by atoms with Crippen LogP contribution >= 0.6 is 0 Å². The predicted octanol–water partition coefficient (Wildman–Crippen LogP) is 3.48. The second-order valence-electron chi connectivity index (χ2n) is 6.49. The van der Waals surface area contributed by atoms with E-state index in [4.69, 9.17) is 9.51 Å². The van der Waals surface area contributed by atoms with Crippen LogP contribution in [0.2, 0.25) is 0 Å². The quantitative estimate of drug-likeness (QED) is 0.727. The third-order valence-corrected chi connectivity index (χ3v) is 4.77. The maximum atomic E-state index is 5.27. The summed E-state index contributed by atoms with van der Waals surface area (Å²) in [5.74, 6) is 1.46. The molecule has 25 heavy (non-hydrogen) atoms. The Kier molecular flexibility index (Phi) is 4.28. The topological polar surface area (TPSA) is 67.9 Å². The molecule has 4 rings (SSSR count). The van der Waals surface area contributed by atoms with Crippen LogP contribution in [-0.2, 0) is 6.54 Å². The molecular weight excluding hydrogens is 314 g/mol. The Bertz CT molecular complexity index is 842. The van der Waals surface area contributed by atoms with Crippen LogP contribution in [0, 0.1) is 13.8 Å². The number of likely N-dealkylation sites (tertiary alicyclic amines) is 1. The van der Waals surface area contributed by atoms with Crippen molar-refractivity contribution in [3.63, 3.8) is 0 Å². The number of rotatable bonds is 4. The van der Waals surface area contributed by atoms with Gasteiger partial charge in [0.25, 0.3) is 0 Å². The summed E-state index contributed by atoms with van der Waals surface area (Å²) in [5.41, 5.74) is 4.08. The van der Waals surface area contributed by atoms with Crippen molar-refractivity contribution in [2.24, 2.45) is 0 Å². The molecule has 6 heteroatoms. The van der Waals surface area contributed by atoms with Crippen molar-refractivity contribution < 1.29 is 4.52 Å². The van der Waals surface area contributed by atoms with Gasteiger partial charge in [-0.05, 0) is 57.0 Å². The molecule has 0 radical (unpaired) electrons. The first-order valence-electron chi connectivity index (χ1n) is 8.61. The number of hydrogen-bond acceptors (Lipinski definition) is 6. The number of nitrogens with zero attached hydrogens (tertiary/aromatic N) is 5. The first-order chi connectivity index (χ1) is 12.2. The van der Waals surface area contributed by atoms with Gasteiger partial charge in [0.05, 0.1) is 23.0 Å². The van der Waals surface area contributed by atoms with Gasteiger partial charge in [0, 0.05) is 25.1 Å². The fourth-order valence-electron chi connectivity index (χ4n) is 3.55. The normalized spacial score (nSPS) is 17.9. The number of pyridine rings is 1. The molecule has 1 fully saturated rings. The molecule has 0 spiro atoms. The van der Waals surface area contributed by atoms with Crippen molar-refractivity contribution in [1.82, 2.24) is 25.0 Å². The Labute approximate surface area is 146 Å². The highest BCUT2D eigenvalue weighted by atomic mass is 16.5. The number of aryl methyl sites for hydroxylation is 2. The van der Waals surface area contributed by atoms with E-state index < -0.39 is 0 Å². The molecule has 1 aliphatic heterocycles. The van der Waals surface area contributed by atoms with E-state index in [-0.39, 0.29) is 0 Å². The van der Waals surface area contributed by atoms with E-state index in [9.17, 15) is 0 Å². The Hall–Kier alpha value is -2.60. The highest BCUT2D eigenvalue weighted by Crippen LogP contribution is 2.33. The van der Waals surface area contributed by atoms with Gasteiger partial charge in [-0.1, -0.05) is 5.16 Å². The average molecular weight is 335 g/mol. The first kappa shape index (κ1) is 15.9. The summed E-state index contributed by atoms with van der Waals surface area (Å²) in [6.45, 7) is 5.82. The molecule has 1 aliphatic rings. The molecule has 3 aromatic heterocycles. The van der Waals surface area contributed by atoms with Crippen LogP contribution in [0.15, 0.2) is 41.3 Å². The molecule has 0 aliphatic carbocycles. The molecule has 0 N–H and O–H groups in total. The van der Waals surface area contributed by atoms with Crippen molar-refractivity contribution in [2.45, 2.75) is 39.3 Å². The van der Waals surface area contributed by atoms with E-state index in [1.807, 2.05) is 38.5 Å². The molecule has 0 aromatic carbocycles. The summed E-state index contributed by atoms with van der Waals surface area (Å²) in [6.07, 6.45) is 7.83. The van der Waals surface area contributed by atoms with E-state index in [0.717, 1.165) is 42.2 Å².